The molecule has 0 aromatic heterocycles. The summed E-state index contributed by atoms with van der Waals surface area (Å²) in [6.45, 7) is 1.03. The van der Waals surface area contributed by atoms with E-state index in [-0.39, 0.29) is 11.8 Å². The number of hydrogen-bond donors (Lipinski definition) is 2. The Morgan fingerprint density at radius 2 is 1.74 bits per heavy atom. The molecule has 2 amide bonds. The molecule has 6 nitrogen and oxygen atoms in total. The molecule has 0 atom stereocenters. The maximum atomic E-state index is 12.4. The molecule has 1 aliphatic rings. The van der Waals surface area contributed by atoms with Gasteiger partial charge in [0, 0.05) is 30.9 Å². The van der Waals surface area contributed by atoms with Crippen LogP contribution in [0, 0.1) is 0 Å². The van der Waals surface area contributed by atoms with E-state index in [1.54, 1.807) is 14.2 Å². The number of nitrogens with one attached hydrogen (secondary N) is 2. The second kappa shape index (κ2) is 8.68. The van der Waals surface area contributed by atoms with E-state index in [0.717, 1.165) is 29.8 Å². The monoisotopic (exact) mass is 367 g/mol. The number of carbonyl (C=O) groups excluding carboxylic acids is 2. The van der Waals surface area contributed by atoms with Crippen molar-refractivity contribution in [3.63, 3.8) is 0 Å². The number of anilines is 1. The number of rotatable bonds is 8. The molecule has 142 valence electrons. The summed E-state index contributed by atoms with van der Waals surface area (Å²) in [5, 5.41) is 5.55. The highest BCUT2D eigenvalue weighted by Crippen LogP contribution is 2.28. The minimum atomic E-state index is -0.0977. The highest BCUT2D eigenvalue weighted by molar-refractivity contribution is 5.94. The fourth-order valence-corrected chi connectivity index (χ4v) is 2.95. The zero-order chi connectivity index (χ0) is 19.2. The molecule has 0 radical (unpaired) electrons. The van der Waals surface area contributed by atoms with Gasteiger partial charge in [0.15, 0.2) is 0 Å². The van der Waals surface area contributed by atoms with Crippen LogP contribution < -0.4 is 15.4 Å². The van der Waals surface area contributed by atoms with Gasteiger partial charge in [-0.2, -0.15) is 0 Å². The van der Waals surface area contributed by atoms with E-state index < -0.39 is 0 Å². The van der Waals surface area contributed by atoms with Crippen molar-refractivity contribution in [1.29, 1.82) is 0 Å². The Morgan fingerprint density at radius 1 is 1.07 bits per heavy atom. The molecule has 0 saturated heterocycles. The molecule has 1 fully saturated rings. The molecule has 0 bridgehead atoms. The number of benzene rings is 2. The number of hydrogen-bond acceptors (Lipinski definition) is 4. The maximum Gasteiger partial charge on any atom is 0.251 e. The topological polar surface area (TPSA) is 70.7 Å². The van der Waals surface area contributed by atoms with E-state index in [1.165, 1.54) is 0 Å². The van der Waals surface area contributed by atoms with Crippen LogP contribution in [-0.4, -0.2) is 43.5 Å². The molecule has 0 heterocycles. The number of carbonyl (C=O) groups is 2. The summed E-state index contributed by atoms with van der Waals surface area (Å²) in [5.41, 5.74) is 2.48. The molecule has 0 unspecified atom stereocenters. The number of nitrogens with zero attached hydrogens (tertiary/aromatic N) is 1. The van der Waals surface area contributed by atoms with E-state index in [1.807, 2.05) is 48.5 Å². The van der Waals surface area contributed by atoms with Crippen LogP contribution in [0.2, 0.25) is 0 Å². The predicted molar refractivity (Wildman–Crippen MR) is 105 cm³/mol. The highest BCUT2D eigenvalue weighted by Gasteiger charge is 2.30. The fourth-order valence-electron chi connectivity index (χ4n) is 2.95. The molecule has 0 spiro atoms. The Hall–Kier alpha value is -2.86. The molecule has 6 heteroatoms. The van der Waals surface area contributed by atoms with Crippen LogP contribution in [0.4, 0.5) is 5.69 Å². The lowest BCUT2D eigenvalue weighted by Gasteiger charge is -2.21. The smallest absolute Gasteiger partial charge is 0.251 e. The first-order chi connectivity index (χ1) is 13.1. The molecule has 27 heavy (non-hydrogen) atoms. The van der Waals surface area contributed by atoms with E-state index in [4.69, 9.17) is 4.74 Å². The first-order valence-electron chi connectivity index (χ1n) is 9.08. The Morgan fingerprint density at radius 3 is 2.30 bits per heavy atom. The van der Waals surface area contributed by atoms with Gasteiger partial charge in [-0.05, 0) is 54.8 Å². The zero-order valence-corrected chi connectivity index (χ0v) is 15.7. The molecule has 2 N–H and O–H groups in total. The second-order valence-electron chi connectivity index (χ2n) is 6.69. The van der Waals surface area contributed by atoms with Crippen LogP contribution in [0.5, 0.6) is 5.75 Å². The second-order valence-corrected chi connectivity index (χ2v) is 6.69. The van der Waals surface area contributed by atoms with Crippen molar-refractivity contribution in [3.05, 3.63) is 59.7 Å². The average molecular weight is 367 g/mol. The van der Waals surface area contributed by atoms with Gasteiger partial charge in [-0.25, -0.2) is 0 Å². The third kappa shape index (κ3) is 5.31. The number of methoxy groups -OCH3 is 1. The Labute approximate surface area is 159 Å². The van der Waals surface area contributed by atoms with Crippen LogP contribution in [0.15, 0.2) is 48.5 Å². The average Bonchev–Trinajstić information content (AvgIpc) is 3.53. The predicted octanol–water partition coefficient (Wildman–Crippen LogP) is 2.66. The van der Waals surface area contributed by atoms with Gasteiger partial charge in [-0.3, -0.25) is 14.5 Å². The van der Waals surface area contributed by atoms with Crippen LogP contribution in [-0.2, 0) is 11.3 Å². The van der Waals surface area contributed by atoms with Gasteiger partial charge in [-0.15, -0.1) is 0 Å². The summed E-state index contributed by atoms with van der Waals surface area (Å²) < 4.78 is 5.13. The standard InChI is InChI=1S/C21H25N3O3/c1-22-21(26)16-5-3-15(4-6-16)13-24(18-9-10-18)14-20(25)23-17-7-11-19(27-2)12-8-17/h3-8,11-12,18H,9-10,13-14H2,1-2H3,(H,22,26)(H,23,25). The van der Waals surface area contributed by atoms with Crippen molar-refractivity contribution in [3.8, 4) is 5.75 Å². The largest absolute Gasteiger partial charge is 0.497 e. The van der Waals surface area contributed by atoms with Crippen LogP contribution in [0.25, 0.3) is 0 Å². The zero-order valence-electron chi connectivity index (χ0n) is 15.7. The summed E-state index contributed by atoms with van der Waals surface area (Å²) in [5.74, 6) is 0.626. The van der Waals surface area contributed by atoms with Crippen LogP contribution in [0.1, 0.15) is 28.8 Å². The summed E-state index contributed by atoms with van der Waals surface area (Å²) in [6, 6.07) is 15.3. The highest BCUT2D eigenvalue weighted by atomic mass is 16.5. The third-order valence-electron chi connectivity index (χ3n) is 4.61. The van der Waals surface area contributed by atoms with E-state index in [2.05, 4.69) is 15.5 Å². The van der Waals surface area contributed by atoms with Gasteiger partial charge in [0.25, 0.3) is 5.91 Å². The third-order valence-corrected chi connectivity index (χ3v) is 4.61. The quantitative estimate of drug-likeness (QED) is 0.753. The minimum Gasteiger partial charge on any atom is -0.497 e. The van der Waals surface area contributed by atoms with Crippen molar-refractivity contribution in [2.24, 2.45) is 0 Å². The van der Waals surface area contributed by atoms with Gasteiger partial charge in [0.1, 0.15) is 5.75 Å². The summed E-state index contributed by atoms with van der Waals surface area (Å²) in [6.07, 6.45) is 2.23. The van der Waals surface area contributed by atoms with Gasteiger partial charge in [0.2, 0.25) is 5.91 Å². The van der Waals surface area contributed by atoms with Gasteiger partial charge in [0.05, 0.1) is 13.7 Å². The van der Waals surface area contributed by atoms with Crippen molar-refractivity contribution >= 4 is 17.5 Å². The Balaban J connectivity index is 1.58. The summed E-state index contributed by atoms with van der Waals surface area (Å²) in [4.78, 5) is 26.3. The van der Waals surface area contributed by atoms with E-state index in [0.29, 0.717) is 24.7 Å². The van der Waals surface area contributed by atoms with E-state index >= 15 is 0 Å². The van der Waals surface area contributed by atoms with Crippen molar-refractivity contribution in [2.75, 3.05) is 26.0 Å². The van der Waals surface area contributed by atoms with Gasteiger partial charge < -0.3 is 15.4 Å². The van der Waals surface area contributed by atoms with Gasteiger partial charge >= 0.3 is 0 Å². The van der Waals surface area contributed by atoms with Crippen LogP contribution >= 0.6 is 0 Å². The molecule has 1 aliphatic carbocycles. The molecule has 2 aromatic rings. The van der Waals surface area contributed by atoms with Crippen molar-refractivity contribution < 1.29 is 14.3 Å². The van der Waals surface area contributed by atoms with Crippen molar-refractivity contribution in [2.45, 2.75) is 25.4 Å². The lowest BCUT2D eigenvalue weighted by atomic mass is 10.1. The number of ether oxygens (including phenoxy) is 1. The normalized spacial score (nSPS) is 13.3. The molecule has 3 rings (SSSR count). The summed E-state index contributed by atoms with van der Waals surface area (Å²) in [7, 11) is 3.23. The van der Waals surface area contributed by atoms with Gasteiger partial charge in [-0.1, -0.05) is 12.1 Å². The SMILES string of the molecule is CNC(=O)c1ccc(CN(CC(=O)Nc2ccc(OC)cc2)C2CC2)cc1. The first kappa shape index (κ1) is 18.9. The van der Waals surface area contributed by atoms with Crippen molar-refractivity contribution in [1.82, 2.24) is 10.2 Å². The maximum absolute atomic E-state index is 12.4. The lowest BCUT2D eigenvalue weighted by Crippen LogP contribution is -2.34. The molecule has 2 aromatic carbocycles. The number of amides is 2. The Kier molecular flexibility index (Phi) is 6.08. The molecule has 0 aliphatic heterocycles. The fraction of sp³-hybridized carbons (Fsp3) is 0.333. The molecule has 1 saturated carbocycles. The summed E-state index contributed by atoms with van der Waals surface area (Å²) >= 11 is 0. The molecular weight excluding hydrogens is 342 g/mol. The van der Waals surface area contributed by atoms with Crippen LogP contribution in [0.3, 0.4) is 0 Å². The minimum absolute atomic E-state index is 0.0333. The van der Waals surface area contributed by atoms with E-state index in [9.17, 15) is 9.59 Å². The lowest BCUT2D eigenvalue weighted by molar-refractivity contribution is -0.117. The first-order valence-corrected chi connectivity index (χ1v) is 9.08. The molecular formula is C21H25N3O3. The Bertz CT molecular complexity index is 783.